The Kier molecular flexibility index (Phi) is 3.85. The fourth-order valence-electron chi connectivity index (χ4n) is 1.06. The van der Waals surface area contributed by atoms with Gasteiger partial charge in [0.05, 0.1) is 26.2 Å². The summed E-state index contributed by atoms with van der Waals surface area (Å²) >= 11 is 0. The van der Waals surface area contributed by atoms with Gasteiger partial charge >= 0.3 is 5.97 Å². The average molecular weight is 188 g/mol. The summed E-state index contributed by atoms with van der Waals surface area (Å²) in [6, 6.07) is 0. The van der Waals surface area contributed by atoms with Crippen LogP contribution >= 0.6 is 0 Å². The zero-order valence-corrected chi connectivity index (χ0v) is 7.19. The van der Waals surface area contributed by atoms with Crippen molar-refractivity contribution in [2.24, 2.45) is 0 Å². The Balaban J connectivity index is 2.25. The summed E-state index contributed by atoms with van der Waals surface area (Å²) in [5.74, 6) is -1.16. The quantitative estimate of drug-likeness (QED) is 0.663. The lowest BCUT2D eigenvalue weighted by Crippen LogP contribution is -2.35. The summed E-state index contributed by atoms with van der Waals surface area (Å²) in [5, 5.41) is 8.34. The first-order valence-corrected chi connectivity index (χ1v) is 4.14. The van der Waals surface area contributed by atoms with Gasteiger partial charge in [0.1, 0.15) is 6.10 Å². The topological polar surface area (TPSA) is 72.8 Å². The summed E-state index contributed by atoms with van der Waals surface area (Å²) in [6.45, 7) is 1.16. The lowest BCUT2D eigenvalue weighted by Gasteiger charge is -2.21. The first kappa shape index (κ1) is 10.1. The molecule has 1 heterocycles. The molecule has 0 aromatic heterocycles. The molecule has 0 saturated carbocycles. The number of aliphatic carboxylic acids is 1. The largest absolute Gasteiger partial charge is 0.481 e. The van der Waals surface area contributed by atoms with Crippen molar-refractivity contribution in [1.82, 2.24) is 0 Å². The molecule has 1 atom stereocenters. The number of ether oxygens (including phenoxy) is 2. The average Bonchev–Trinajstić information content (AvgIpc) is 2.15. The third kappa shape index (κ3) is 3.52. The summed E-state index contributed by atoms with van der Waals surface area (Å²) < 4.78 is 10.1. The highest BCUT2D eigenvalue weighted by Gasteiger charge is 2.22. The second-order valence-corrected chi connectivity index (χ2v) is 2.79. The van der Waals surface area contributed by atoms with Gasteiger partial charge in [0, 0.05) is 6.42 Å². The Morgan fingerprint density at radius 1 is 1.31 bits per heavy atom. The molecule has 13 heavy (non-hydrogen) atoms. The van der Waals surface area contributed by atoms with Crippen LogP contribution in [0.25, 0.3) is 0 Å². The molecule has 1 rings (SSSR count). The lowest BCUT2D eigenvalue weighted by atomic mass is 10.1. The van der Waals surface area contributed by atoms with Crippen molar-refractivity contribution in [1.29, 1.82) is 0 Å². The summed E-state index contributed by atoms with van der Waals surface area (Å²) in [6.07, 6.45) is -0.685. The van der Waals surface area contributed by atoms with Crippen LogP contribution in [0.3, 0.4) is 0 Å². The van der Waals surface area contributed by atoms with Crippen molar-refractivity contribution in [3.8, 4) is 0 Å². The second kappa shape index (κ2) is 4.94. The SMILES string of the molecule is O=C(O)CCC(=O)C1COCCO1. The van der Waals surface area contributed by atoms with Crippen molar-refractivity contribution in [2.45, 2.75) is 18.9 Å². The normalized spacial score (nSPS) is 22.6. The zero-order chi connectivity index (χ0) is 9.68. The summed E-state index contributed by atoms with van der Waals surface area (Å²) in [5.41, 5.74) is 0. The Morgan fingerprint density at radius 3 is 2.62 bits per heavy atom. The molecule has 0 spiro atoms. The van der Waals surface area contributed by atoms with Crippen molar-refractivity contribution in [3.05, 3.63) is 0 Å². The zero-order valence-electron chi connectivity index (χ0n) is 7.19. The molecule has 0 amide bonds. The van der Waals surface area contributed by atoms with Crippen LogP contribution in [0.2, 0.25) is 0 Å². The second-order valence-electron chi connectivity index (χ2n) is 2.79. The van der Waals surface area contributed by atoms with Crippen LogP contribution in [-0.2, 0) is 19.1 Å². The van der Waals surface area contributed by atoms with E-state index >= 15 is 0 Å². The molecule has 0 aromatic carbocycles. The molecule has 0 bridgehead atoms. The molecule has 1 saturated heterocycles. The number of Topliss-reactive ketones (excluding diaryl/α,β-unsaturated/α-hetero) is 1. The van der Waals surface area contributed by atoms with Crippen molar-refractivity contribution >= 4 is 11.8 Å². The Bertz CT molecular complexity index is 195. The monoisotopic (exact) mass is 188 g/mol. The molecule has 5 heteroatoms. The van der Waals surface area contributed by atoms with Gasteiger partial charge in [-0.05, 0) is 0 Å². The molecule has 74 valence electrons. The van der Waals surface area contributed by atoms with Crippen LogP contribution in [0.1, 0.15) is 12.8 Å². The number of rotatable bonds is 4. The fourth-order valence-corrected chi connectivity index (χ4v) is 1.06. The predicted octanol–water partition coefficient (Wildman–Crippen LogP) is -0.164. The molecular weight excluding hydrogens is 176 g/mol. The van der Waals surface area contributed by atoms with Gasteiger partial charge in [-0.25, -0.2) is 0 Å². The van der Waals surface area contributed by atoms with E-state index in [0.717, 1.165) is 0 Å². The number of hydrogen-bond donors (Lipinski definition) is 1. The first-order chi connectivity index (χ1) is 6.20. The van der Waals surface area contributed by atoms with Gasteiger partial charge in [0.15, 0.2) is 5.78 Å². The maximum Gasteiger partial charge on any atom is 0.303 e. The molecule has 1 aliphatic heterocycles. The van der Waals surface area contributed by atoms with Crippen LogP contribution < -0.4 is 0 Å². The third-order valence-corrected chi connectivity index (χ3v) is 1.76. The van der Waals surface area contributed by atoms with E-state index in [9.17, 15) is 9.59 Å². The van der Waals surface area contributed by atoms with Crippen LogP contribution in [0.15, 0.2) is 0 Å². The minimum absolute atomic E-state index is 0.0172. The molecule has 5 nitrogen and oxygen atoms in total. The van der Waals surface area contributed by atoms with Gasteiger partial charge in [-0.2, -0.15) is 0 Å². The van der Waals surface area contributed by atoms with Gasteiger partial charge in [0.2, 0.25) is 0 Å². The van der Waals surface area contributed by atoms with Gasteiger partial charge in [-0.15, -0.1) is 0 Å². The van der Waals surface area contributed by atoms with Crippen LogP contribution in [0.5, 0.6) is 0 Å². The van der Waals surface area contributed by atoms with E-state index in [1.165, 1.54) is 0 Å². The molecular formula is C8H12O5. The van der Waals surface area contributed by atoms with Gasteiger partial charge in [-0.1, -0.05) is 0 Å². The molecule has 0 aromatic rings. The highest BCUT2D eigenvalue weighted by molar-refractivity contribution is 5.86. The molecule has 0 radical (unpaired) electrons. The number of ketones is 1. The smallest absolute Gasteiger partial charge is 0.303 e. The van der Waals surface area contributed by atoms with E-state index in [0.29, 0.717) is 13.2 Å². The molecule has 1 fully saturated rings. The third-order valence-electron chi connectivity index (χ3n) is 1.76. The molecule has 1 unspecified atom stereocenters. The Hall–Kier alpha value is -0.940. The fraction of sp³-hybridized carbons (Fsp3) is 0.750. The van der Waals surface area contributed by atoms with Crippen LogP contribution in [-0.4, -0.2) is 42.8 Å². The number of carboxylic acid groups (broad SMARTS) is 1. The van der Waals surface area contributed by atoms with Crippen molar-refractivity contribution < 1.29 is 24.2 Å². The van der Waals surface area contributed by atoms with E-state index in [-0.39, 0.29) is 25.2 Å². The standard InChI is InChI=1S/C8H12O5/c9-6(1-2-8(10)11)7-5-12-3-4-13-7/h7H,1-5H2,(H,10,11). The minimum atomic E-state index is -0.968. The number of hydrogen-bond acceptors (Lipinski definition) is 4. The van der Waals surface area contributed by atoms with Gasteiger partial charge in [-0.3, -0.25) is 9.59 Å². The highest BCUT2D eigenvalue weighted by Crippen LogP contribution is 2.05. The van der Waals surface area contributed by atoms with Crippen molar-refractivity contribution in [3.63, 3.8) is 0 Å². The summed E-state index contributed by atoms with van der Waals surface area (Å²) in [4.78, 5) is 21.4. The van der Waals surface area contributed by atoms with Gasteiger partial charge in [0.25, 0.3) is 0 Å². The lowest BCUT2D eigenvalue weighted by molar-refractivity contribution is -0.148. The Labute approximate surface area is 75.6 Å². The predicted molar refractivity (Wildman–Crippen MR) is 42.4 cm³/mol. The maximum atomic E-state index is 11.2. The summed E-state index contributed by atoms with van der Waals surface area (Å²) in [7, 11) is 0. The number of carbonyl (C=O) groups excluding carboxylic acids is 1. The Morgan fingerprint density at radius 2 is 2.08 bits per heavy atom. The van der Waals surface area contributed by atoms with E-state index < -0.39 is 12.1 Å². The number of carbonyl (C=O) groups is 2. The first-order valence-electron chi connectivity index (χ1n) is 4.14. The molecule has 1 aliphatic rings. The van der Waals surface area contributed by atoms with E-state index in [2.05, 4.69) is 0 Å². The maximum absolute atomic E-state index is 11.2. The van der Waals surface area contributed by atoms with Crippen LogP contribution in [0, 0.1) is 0 Å². The van der Waals surface area contributed by atoms with E-state index in [1.807, 2.05) is 0 Å². The van der Waals surface area contributed by atoms with Gasteiger partial charge < -0.3 is 14.6 Å². The molecule has 0 aliphatic carbocycles. The van der Waals surface area contributed by atoms with E-state index in [4.69, 9.17) is 14.6 Å². The van der Waals surface area contributed by atoms with Crippen LogP contribution in [0.4, 0.5) is 0 Å². The highest BCUT2D eigenvalue weighted by atomic mass is 16.6. The number of carboxylic acids is 1. The van der Waals surface area contributed by atoms with Crippen molar-refractivity contribution in [2.75, 3.05) is 19.8 Å². The minimum Gasteiger partial charge on any atom is -0.481 e. The van der Waals surface area contributed by atoms with E-state index in [1.54, 1.807) is 0 Å². The molecule has 1 N–H and O–H groups in total.